The Bertz CT molecular complexity index is 556. The first-order valence-corrected chi connectivity index (χ1v) is 6.37. The summed E-state index contributed by atoms with van der Waals surface area (Å²) in [6.07, 6.45) is 4.94. The molecule has 0 aliphatic rings. The molecule has 0 spiro atoms. The lowest BCUT2D eigenvalue weighted by atomic mass is 10.2. The zero-order valence-electron chi connectivity index (χ0n) is 8.64. The number of rotatable bonds is 2. The first kappa shape index (κ1) is 12.3. The van der Waals surface area contributed by atoms with Crippen LogP contribution in [0.15, 0.2) is 50.6 Å². The van der Waals surface area contributed by atoms with Crippen LogP contribution in [0.5, 0.6) is 5.75 Å². The minimum atomic E-state index is 0.167. The van der Waals surface area contributed by atoms with Gasteiger partial charge < -0.3 is 5.11 Å². The van der Waals surface area contributed by atoms with Gasteiger partial charge in [-0.3, -0.25) is 9.98 Å². The summed E-state index contributed by atoms with van der Waals surface area (Å²) < 4.78 is 1.49. The number of phenolic OH excluding ortho intramolecular Hbond substituents is 1. The Morgan fingerprint density at radius 1 is 1.29 bits per heavy atom. The molecule has 3 nitrogen and oxygen atoms in total. The maximum Gasteiger partial charge on any atom is 0.138 e. The van der Waals surface area contributed by atoms with Crippen molar-refractivity contribution in [2.45, 2.75) is 0 Å². The molecule has 1 aromatic heterocycles. The van der Waals surface area contributed by atoms with Crippen molar-refractivity contribution in [1.82, 2.24) is 4.98 Å². The molecule has 0 radical (unpaired) electrons. The van der Waals surface area contributed by atoms with Crippen LogP contribution in [0.2, 0.25) is 0 Å². The van der Waals surface area contributed by atoms with Crippen LogP contribution in [-0.2, 0) is 0 Å². The number of aromatic nitrogens is 1. The van der Waals surface area contributed by atoms with E-state index >= 15 is 0 Å². The molecule has 2 aromatic rings. The number of aromatic hydroxyl groups is 1. The molecule has 86 valence electrons. The monoisotopic (exact) mass is 354 g/mol. The second-order valence-electron chi connectivity index (χ2n) is 3.29. The quantitative estimate of drug-likeness (QED) is 0.825. The van der Waals surface area contributed by atoms with E-state index in [1.54, 1.807) is 30.7 Å². The van der Waals surface area contributed by atoms with Gasteiger partial charge in [-0.2, -0.15) is 0 Å². The van der Waals surface area contributed by atoms with Crippen molar-refractivity contribution < 1.29 is 5.11 Å². The van der Waals surface area contributed by atoms with Gasteiger partial charge in [0.1, 0.15) is 5.75 Å². The molecule has 0 saturated heterocycles. The smallest absolute Gasteiger partial charge is 0.138 e. The molecule has 5 heteroatoms. The van der Waals surface area contributed by atoms with E-state index in [4.69, 9.17) is 0 Å². The Morgan fingerprint density at radius 3 is 2.82 bits per heavy atom. The Hall–Kier alpha value is -1.20. The van der Waals surface area contributed by atoms with E-state index in [0.29, 0.717) is 10.0 Å². The topological polar surface area (TPSA) is 45.5 Å². The molecular weight excluding hydrogens is 348 g/mol. The summed E-state index contributed by atoms with van der Waals surface area (Å²) in [6, 6.07) is 7.22. The Morgan fingerprint density at radius 2 is 2.12 bits per heavy atom. The van der Waals surface area contributed by atoms with Crippen molar-refractivity contribution in [3.8, 4) is 5.75 Å². The van der Waals surface area contributed by atoms with Crippen molar-refractivity contribution >= 4 is 43.8 Å². The summed E-state index contributed by atoms with van der Waals surface area (Å²) >= 11 is 6.63. The minimum absolute atomic E-state index is 0.167. The van der Waals surface area contributed by atoms with Gasteiger partial charge in [0, 0.05) is 22.4 Å². The summed E-state index contributed by atoms with van der Waals surface area (Å²) in [6.45, 7) is 0. The van der Waals surface area contributed by atoms with Gasteiger partial charge in [-0.05, 0) is 40.2 Å². The second-order valence-corrected chi connectivity index (χ2v) is 5.06. The molecule has 17 heavy (non-hydrogen) atoms. The molecule has 0 aliphatic carbocycles. The number of nitrogens with zero attached hydrogens (tertiary/aromatic N) is 2. The molecule has 0 unspecified atom stereocenters. The van der Waals surface area contributed by atoms with Gasteiger partial charge in [0.25, 0.3) is 0 Å². The fraction of sp³-hybridized carbons (Fsp3) is 0. The second kappa shape index (κ2) is 5.42. The molecule has 0 atom stereocenters. The van der Waals surface area contributed by atoms with Crippen molar-refractivity contribution in [2.75, 3.05) is 0 Å². The third-order valence-corrected chi connectivity index (χ3v) is 3.12. The summed E-state index contributed by atoms with van der Waals surface area (Å²) in [7, 11) is 0. The van der Waals surface area contributed by atoms with Crippen molar-refractivity contribution in [3.05, 3.63) is 51.2 Å². The maximum atomic E-state index is 9.83. The van der Waals surface area contributed by atoms with Gasteiger partial charge in [0.2, 0.25) is 0 Å². The number of hydrogen-bond acceptors (Lipinski definition) is 3. The van der Waals surface area contributed by atoms with Gasteiger partial charge in [0.15, 0.2) is 0 Å². The average molecular weight is 356 g/mol. The number of phenols is 1. The van der Waals surface area contributed by atoms with Crippen LogP contribution in [0, 0.1) is 0 Å². The first-order valence-electron chi connectivity index (χ1n) is 4.79. The summed E-state index contributed by atoms with van der Waals surface area (Å²) in [5.74, 6) is 0.167. The molecule has 0 aliphatic heterocycles. The van der Waals surface area contributed by atoms with Crippen LogP contribution in [0.3, 0.4) is 0 Å². The summed E-state index contributed by atoms with van der Waals surface area (Å²) in [5, 5.41) is 9.83. The molecule has 0 saturated carbocycles. The van der Waals surface area contributed by atoms with E-state index < -0.39 is 0 Å². The van der Waals surface area contributed by atoms with E-state index in [2.05, 4.69) is 41.8 Å². The van der Waals surface area contributed by atoms with Crippen molar-refractivity contribution in [2.24, 2.45) is 4.99 Å². The number of aliphatic imine (C=N–C) groups is 1. The molecule has 0 fully saturated rings. The highest BCUT2D eigenvalue weighted by atomic mass is 79.9. The number of hydrogen-bond donors (Lipinski definition) is 1. The highest BCUT2D eigenvalue weighted by molar-refractivity contribution is 9.11. The molecule has 1 heterocycles. The molecule has 1 N–H and O–H groups in total. The lowest BCUT2D eigenvalue weighted by Crippen LogP contribution is -1.84. The van der Waals surface area contributed by atoms with Crippen molar-refractivity contribution in [1.29, 1.82) is 0 Å². The van der Waals surface area contributed by atoms with E-state index in [1.165, 1.54) is 0 Å². The fourth-order valence-electron chi connectivity index (χ4n) is 1.26. The molecule has 0 bridgehead atoms. The minimum Gasteiger partial charge on any atom is -0.506 e. The van der Waals surface area contributed by atoms with Crippen molar-refractivity contribution in [3.63, 3.8) is 0 Å². The summed E-state index contributed by atoms with van der Waals surface area (Å²) in [5.41, 5.74) is 1.37. The molecule has 2 rings (SSSR count). The van der Waals surface area contributed by atoms with Gasteiger partial charge in [-0.1, -0.05) is 15.9 Å². The highest BCUT2D eigenvalue weighted by Crippen LogP contribution is 2.30. The van der Waals surface area contributed by atoms with Gasteiger partial charge >= 0.3 is 0 Å². The lowest BCUT2D eigenvalue weighted by Gasteiger charge is -2.02. The maximum absolute atomic E-state index is 9.83. The highest BCUT2D eigenvalue weighted by Gasteiger charge is 2.04. The molecular formula is C12H8Br2N2O. The number of pyridine rings is 1. The third-order valence-electron chi connectivity index (χ3n) is 2.06. The molecule has 0 amide bonds. The van der Waals surface area contributed by atoms with Crippen LogP contribution in [0.25, 0.3) is 0 Å². The normalized spacial score (nSPS) is 10.9. The van der Waals surface area contributed by atoms with Gasteiger partial charge in [0.05, 0.1) is 16.4 Å². The zero-order valence-corrected chi connectivity index (χ0v) is 11.8. The Labute approximate surface area is 115 Å². The Balaban J connectivity index is 2.33. The van der Waals surface area contributed by atoms with Gasteiger partial charge in [-0.15, -0.1) is 0 Å². The van der Waals surface area contributed by atoms with Crippen LogP contribution in [0.4, 0.5) is 5.69 Å². The van der Waals surface area contributed by atoms with E-state index in [0.717, 1.165) is 10.2 Å². The SMILES string of the molecule is Oc1c(Br)cc(Br)cc1C=Nc1cccnc1. The third kappa shape index (κ3) is 3.14. The molecule has 1 aromatic carbocycles. The number of halogens is 2. The predicted octanol–water partition coefficient (Wildman–Crippen LogP) is 4.06. The lowest BCUT2D eigenvalue weighted by molar-refractivity contribution is 0.471. The van der Waals surface area contributed by atoms with Gasteiger partial charge in [-0.25, -0.2) is 0 Å². The predicted molar refractivity (Wildman–Crippen MR) is 75.0 cm³/mol. The van der Waals surface area contributed by atoms with E-state index in [1.807, 2.05) is 12.1 Å². The van der Waals surface area contributed by atoms with Crippen LogP contribution in [-0.4, -0.2) is 16.3 Å². The number of benzene rings is 1. The van der Waals surface area contributed by atoms with E-state index in [-0.39, 0.29) is 5.75 Å². The first-order chi connectivity index (χ1) is 8.16. The van der Waals surface area contributed by atoms with Crippen LogP contribution in [0.1, 0.15) is 5.56 Å². The van der Waals surface area contributed by atoms with Crippen LogP contribution >= 0.6 is 31.9 Å². The fourth-order valence-corrected chi connectivity index (χ4v) is 2.52. The Kier molecular flexibility index (Phi) is 3.91. The largest absolute Gasteiger partial charge is 0.506 e. The van der Waals surface area contributed by atoms with E-state index in [9.17, 15) is 5.11 Å². The standard InChI is InChI=1S/C12H8Br2N2O/c13-9-4-8(12(17)11(14)5-9)6-16-10-2-1-3-15-7-10/h1-7,17H. The van der Waals surface area contributed by atoms with Crippen LogP contribution < -0.4 is 0 Å². The average Bonchev–Trinajstić information content (AvgIpc) is 2.33. The zero-order chi connectivity index (χ0) is 12.3. The summed E-state index contributed by atoms with van der Waals surface area (Å²) in [4.78, 5) is 8.19.